The number of benzene rings is 3. The number of carbonyl (C=O) groups is 1. The second-order valence-corrected chi connectivity index (χ2v) is 6.98. The number of allylic oxidation sites excluding steroid dienone is 1. The van der Waals surface area contributed by atoms with E-state index in [1.165, 1.54) is 11.1 Å². The zero-order valence-corrected chi connectivity index (χ0v) is 17.0. The summed E-state index contributed by atoms with van der Waals surface area (Å²) in [4.78, 5) is 16.3. The number of para-hydroxylation sites is 2. The number of esters is 1. The van der Waals surface area contributed by atoms with Crippen LogP contribution in [0.5, 0.6) is 0 Å². The van der Waals surface area contributed by atoms with Gasteiger partial charge in [0.15, 0.2) is 0 Å². The quantitative estimate of drug-likeness (QED) is 0.363. The molecule has 0 unspecified atom stereocenters. The minimum atomic E-state index is -0.178. The molecule has 0 saturated carbocycles. The van der Waals surface area contributed by atoms with Crippen molar-refractivity contribution in [3.8, 4) is 11.1 Å². The number of aromatic nitrogens is 2. The fourth-order valence-electron chi connectivity index (χ4n) is 3.53. The summed E-state index contributed by atoms with van der Waals surface area (Å²) in [5.74, 6) is -0.178. The molecule has 0 amide bonds. The molecular weight excluding hydrogens is 372 g/mol. The van der Waals surface area contributed by atoms with E-state index in [2.05, 4.69) is 58.1 Å². The Morgan fingerprint density at radius 3 is 2.40 bits per heavy atom. The van der Waals surface area contributed by atoms with Gasteiger partial charge in [-0.05, 0) is 42.2 Å². The van der Waals surface area contributed by atoms with Crippen molar-refractivity contribution in [1.29, 1.82) is 0 Å². The number of imidazole rings is 1. The van der Waals surface area contributed by atoms with Crippen molar-refractivity contribution < 1.29 is 9.53 Å². The van der Waals surface area contributed by atoms with E-state index in [1.807, 2.05) is 49.6 Å². The van der Waals surface area contributed by atoms with E-state index < -0.39 is 0 Å². The zero-order chi connectivity index (χ0) is 20.8. The standard InChI is InChI=1S/C26H24N2O2/c1-2-30-26(29)14-8-13-24(28-19-27-23-11-6-7-12-25(23)28)22-17-15-21(16-18-22)20-9-4-3-5-10-20/h3-7,9-13,15-19H,2,8,14H2,1H3/b24-13+. The molecule has 4 heteroatoms. The van der Waals surface area contributed by atoms with Gasteiger partial charge in [0, 0.05) is 6.42 Å². The Bertz CT molecular complexity index is 1160. The van der Waals surface area contributed by atoms with Crippen LogP contribution in [-0.2, 0) is 9.53 Å². The molecule has 0 N–H and O–H groups in total. The van der Waals surface area contributed by atoms with Gasteiger partial charge in [-0.25, -0.2) is 4.98 Å². The zero-order valence-electron chi connectivity index (χ0n) is 17.0. The molecule has 0 aliphatic heterocycles. The SMILES string of the molecule is CCOC(=O)CC/C=C(\c1ccc(-c2ccccc2)cc1)n1cnc2ccccc21. The van der Waals surface area contributed by atoms with Gasteiger partial charge in [-0.3, -0.25) is 9.36 Å². The van der Waals surface area contributed by atoms with Crippen LogP contribution < -0.4 is 0 Å². The van der Waals surface area contributed by atoms with Gasteiger partial charge in [0.1, 0.15) is 6.33 Å². The average Bonchev–Trinajstić information content (AvgIpc) is 3.22. The number of ether oxygens (including phenoxy) is 1. The first-order chi connectivity index (χ1) is 14.8. The molecule has 0 saturated heterocycles. The maximum absolute atomic E-state index is 11.8. The lowest BCUT2D eigenvalue weighted by Gasteiger charge is -2.12. The minimum Gasteiger partial charge on any atom is -0.466 e. The van der Waals surface area contributed by atoms with E-state index in [9.17, 15) is 4.79 Å². The van der Waals surface area contributed by atoms with Crippen molar-refractivity contribution in [3.63, 3.8) is 0 Å². The summed E-state index contributed by atoms with van der Waals surface area (Å²) in [5.41, 5.74) is 6.40. The minimum absolute atomic E-state index is 0.178. The molecule has 4 nitrogen and oxygen atoms in total. The second-order valence-electron chi connectivity index (χ2n) is 6.98. The summed E-state index contributed by atoms with van der Waals surface area (Å²) in [6, 6.07) is 26.9. The van der Waals surface area contributed by atoms with Crippen molar-refractivity contribution in [1.82, 2.24) is 9.55 Å². The Balaban J connectivity index is 1.69. The van der Waals surface area contributed by atoms with Gasteiger partial charge in [0.05, 0.1) is 23.3 Å². The monoisotopic (exact) mass is 396 g/mol. The van der Waals surface area contributed by atoms with Crippen LogP contribution in [0.25, 0.3) is 27.9 Å². The van der Waals surface area contributed by atoms with Gasteiger partial charge >= 0.3 is 5.97 Å². The molecule has 30 heavy (non-hydrogen) atoms. The average molecular weight is 396 g/mol. The van der Waals surface area contributed by atoms with Gasteiger partial charge in [0.25, 0.3) is 0 Å². The Kier molecular flexibility index (Phi) is 6.04. The van der Waals surface area contributed by atoms with Crippen LogP contribution in [-0.4, -0.2) is 22.1 Å². The molecule has 0 aliphatic rings. The van der Waals surface area contributed by atoms with E-state index in [1.54, 1.807) is 0 Å². The molecule has 0 atom stereocenters. The van der Waals surface area contributed by atoms with Crippen molar-refractivity contribution in [2.75, 3.05) is 6.61 Å². The fourth-order valence-corrected chi connectivity index (χ4v) is 3.53. The van der Waals surface area contributed by atoms with Crippen LogP contribution in [0.15, 0.2) is 91.3 Å². The third-order valence-corrected chi connectivity index (χ3v) is 4.99. The Morgan fingerprint density at radius 1 is 0.933 bits per heavy atom. The summed E-state index contributed by atoms with van der Waals surface area (Å²) < 4.78 is 7.15. The van der Waals surface area contributed by atoms with Gasteiger partial charge in [-0.15, -0.1) is 0 Å². The normalized spacial score (nSPS) is 11.6. The molecule has 4 aromatic rings. The second kappa shape index (κ2) is 9.23. The highest BCUT2D eigenvalue weighted by molar-refractivity contribution is 5.83. The lowest BCUT2D eigenvalue weighted by Crippen LogP contribution is -2.03. The van der Waals surface area contributed by atoms with Crippen LogP contribution in [0.4, 0.5) is 0 Å². The number of rotatable bonds is 7. The fraction of sp³-hybridized carbons (Fsp3) is 0.154. The maximum Gasteiger partial charge on any atom is 0.306 e. The highest BCUT2D eigenvalue weighted by Crippen LogP contribution is 2.26. The first-order valence-corrected chi connectivity index (χ1v) is 10.2. The lowest BCUT2D eigenvalue weighted by molar-refractivity contribution is -0.142. The molecule has 150 valence electrons. The van der Waals surface area contributed by atoms with Gasteiger partial charge in [0.2, 0.25) is 0 Å². The Hall–Kier alpha value is -3.66. The highest BCUT2D eigenvalue weighted by atomic mass is 16.5. The van der Waals surface area contributed by atoms with Crippen LogP contribution in [0.1, 0.15) is 25.3 Å². The third-order valence-electron chi connectivity index (χ3n) is 4.99. The lowest BCUT2D eigenvalue weighted by atomic mass is 10.0. The largest absolute Gasteiger partial charge is 0.466 e. The number of hydrogen-bond acceptors (Lipinski definition) is 3. The van der Waals surface area contributed by atoms with Gasteiger partial charge in [-0.2, -0.15) is 0 Å². The van der Waals surface area contributed by atoms with Crippen molar-refractivity contribution >= 4 is 22.7 Å². The number of carbonyl (C=O) groups excluding carboxylic acids is 1. The maximum atomic E-state index is 11.8. The van der Waals surface area contributed by atoms with Crippen LogP contribution in [0.2, 0.25) is 0 Å². The van der Waals surface area contributed by atoms with Gasteiger partial charge < -0.3 is 4.74 Å². The molecule has 0 bridgehead atoms. The highest BCUT2D eigenvalue weighted by Gasteiger charge is 2.10. The van der Waals surface area contributed by atoms with E-state index in [-0.39, 0.29) is 5.97 Å². The van der Waals surface area contributed by atoms with E-state index in [0.29, 0.717) is 19.4 Å². The summed E-state index contributed by atoms with van der Waals surface area (Å²) in [7, 11) is 0. The summed E-state index contributed by atoms with van der Waals surface area (Å²) in [6.07, 6.45) is 4.88. The number of fused-ring (bicyclic) bond motifs is 1. The predicted molar refractivity (Wildman–Crippen MR) is 121 cm³/mol. The van der Waals surface area contributed by atoms with Crippen molar-refractivity contribution in [3.05, 3.63) is 96.8 Å². The van der Waals surface area contributed by atoms with Crippen LogP contribution in [0.3, 0.4) is 0 Å². The third kappa shape index (κ3) is 4.33. The molecule has 0 radical (unpaired) electrons. The van der Waals surface area contributed by atoms with E-state index in [4.69, 9.17) is 4.74 Å². The summed E-state index contributed by atoms with van der Waals surface area (Å²) in [6.45, 7) is 2.23. The number of nitrogens with zero attached hydrogens (tertiary/aromatic N) is 2. The van der Waals surface area contributed by atoms with Crippen LogP contribution in [0, 0.1) is 0 Å². The summed E-state index contributed by atoms with van der Waals surface area (Å²) in [5, 5.41) is 0. The van der Waals surface area contributed by atoms with Crippen LogP contribution >= 0.6 is 0 Å². The predicted octanol–water partition coefficient (Wildman–Crippen LogP) is 5.94. The molecule has 4 rings (SSSR count). The van der Waals surface area contributed by atoms with Crippen molar-refractivity contribution in [2.24, 2.45) is 0 Å². The molecule has 0 fully saturated rings. The molecule has 0 spiro atoms. The first-order valence-electron chi connectivity index (χ1n) is 10.2. The molecular formula is C26H24N2O2. The Labute approximate surface area is 176 Å². The molecule has 3 aromatic carbocycles. The topological polar surface area (TPSA) is 44.1 Å². The van der Waals surface area contributed by atoms with E-state index in [0.717, 1.165) is 22.3 Å². The first kappa shape index (κ1) is 19.6. The smallest absolute Gasteiger partial charge is 0.306 e. The van der Waals surface area contributed by atoms with Gasteiger partial charge in [-0.1, -0.05) is 72.8 Å². The molecule has 0 aliphatic carbocycles. The summed E-state index contributed by atoms with van der Waals surface area (Å²) >= 11 is 0. The molecule has 1 heterocycles. The van der Waals surface area contributed by atoms with Crippen molar-refractivity contribution in [2.45, 2.75) is 19.8 Å². The van der Waals surface area contributed by atoms with E-state index >= 15 is 0 Å². The Morgan fingerprint density at radius 2 is 1.63 bits per heavy atom. The number of hydrogen-bond donors (Lipinski definition) is 0. The molecule has 1 aromatic heterocycles.